The molecule has 3 N–H and O–H groups in total. The lowest BCUT2D eigenvalue weighted by molar-refractivity contribution is -0.468. The number of nitriles is 1. The van der Waals surface area contributed by atoms with Crippen molar-refractivity contribution in [2.75, 3.05) is 34.8 Å². The fourth-order valence-corrected chi connectivity index (χ4v) is 10.1. The van der Waals surface area contributed by atoms with Gasteiger partial charge in [0, 0.05) is 69.1 Å². The van der Waals surface area contributed by atoms with Gasteiger partial charge in [0.2, 0.25) is 23.7 Å². The molecule has 14 nitrogen and oxygen atoms in total. The standard InChI is InChI=1S/C43H52F3N9O5S/c1-25-20-31(21-26(2)53(25)24-36(57)48-34-10-6-9-32-37(34)51(5)50-38(32)52-18-17-35(56)49-40(52)59)60-19-7-8-27-11-14-29(15-12-27)55-41(61)54(39(58)42(55,3)4)30-16-13-28(23-47)33(22-30)43(44,45)46/h6,9-10,13,16,22,25-27,31,40,59H,7-8,11-12,14-15,17-21,24H2,1-5H3,(H-,48,49,56,57)/p+1/t25-,26+,27?,31?,40?. The number of fused-ring (bicyclic) bond motifs is 1. The van der Waals surface area contributed by atoms with Gasteiger partial charge in [-0.2, -0.15) is 23.5 Å². The predicted molar refractivity (Wildman–Crippen MR) is 227 cm³/mol. The number of aliphatic hydroxyl groups is 1. The molecule has 4 aliphatic rings. The maximum Gasteiger partial charge on any atom is 0.417 e. The van der Waals surface area contributed by atoms with Gasteiger partial charge in [0.05, 0.1) is 46.8 Å². The van der Waals surface area contributed by atoms with E-state index in [0.29, 0.717) is 36.1 Å². The van der Waals surface area contributed by atoms with E-state index in [9.17, 15) is 37.9 Å². The third-order valence-electron chi connectivity index (χ3n) is 12.7. The molecule has 2 aromatic carbocycles. The van der Waals surface area contributed by atoms with Crippen molar-refractivity contribution in [2.45, 2.75) is 122 Å². The van der Waals surface area contributed by atoms with Crippen molar-refractivity contribution in [2.24, 2.45) is 13.0 Å². The Morgan fingerprint density at radius 3 is 2.49 bits per heavy atom. The van der Waals surface area contributed by atoms with Gasteiger partial charge in [0.15, 0.2) is 5.82 Å². The van der Waals surface area contributed by atoms with Gasteiger partial charge < -0.3 is 25.4 Å². The molecular weight excluding hydrogens is 812 g/mol. The number of anilines is 3. The van der Waals surface area contributed by atoms with Crippen LogP contribution < -0.4 is 20.4 Å². The first-order chi connectivity index (χ1) is 28.9. The van der Waals surface area contributed by atoms with Crippen LogP contribution in [-0.4, -0.2) is 103 Å². The summed E-state index contributed by atoms with van der Waals surface area (Å²) in [5.74, 6) is 0.205. The third kappa shape index (κ3) is 8.88. The highest BCUT2D eigenvalue weighted by Crippen LogP contribution is 2.39. The molecular formula is C43H53F3N9O5S+. The molecule has 61 heavy (non-hydrogen) atoms. The Morgan fingerprint density at radius 2 is 1.84 bits per heavy atom. The van der Waals surface area contributed by atoms with Crippen molar-refractivity contribution < 1.29 is 42.0 Å². The van der Waals surface area contributed by atoms with E-state index < -0.39 is 35.1 Å². The Labute approximate surface area is 358 Å². The van der Waals surface area contributed by atoms with Crippen molar-refractivity contribution in [3.8, 4) is 6.07 Å². The molecule has 4 heterocycles. The molecule has 3 amide bonds. The molecule has 0 spiro atoms. The lowest BCUT2D eigenvalue weighted by atomic mass is 9.84. The van der Waals surface area contributed by atoms with Crippen molar-refractivity contribution in [3.05, 3.63) is 47.5 Å². The van der Waals surface area contributed by atoms with E-state index in [0.717, 1.165) is 79.5 Å². The Balaban J connectivity index is 0.878. The van der Waals surface area contributed by atoms with Gasteiger partial charge in [0.1, 0.15) is 5.69 Å². The van der Waals surface area contributed by atoms with E-state index in [4.69, 9.17) is 17.0 Å². The maximum atomic E-state index is 13.8. The summed E-state index contributed by atoms with van der Waals surface area (Å²) in [5.41, 5.74) is -0.374. The van der Waals surface area contributed by atoms with Crippen LogP contribution in [0.5, 0.6) is 0 Å². The fourth-order valence-electron chi connectivity index (χ4n) is 9.56. The van der Waals surface area contributed by atoms with Crippen LogP contribution in [0.4, 0.5) is 30.4 Å². The second-order valence-corrected chi connectivity index (χ2v) is 17.6. The van der Waals surface area contributed by atoms with Gasteiger partial charge in [-0.15, -0.1) is 4.90 Å². The molecule has 4 atom stereocenters. The molecule has 3 aliphatic heterocycles. The predicted octanol–water partition coefficient (Wildman–Crippen LogP) is 5.80. The lowest BCUT2D eigenvalue weighted by Gasteiger charge is -2.42. The number of piperidine rings is 1. The minimum Gasteiger partial charge on any atom is -0.378 e. The van der Waals surface area contributed by atoms with E-state index in [1.165, 1.54) is 6.07 Å². The smallest absolute Gasteiger partial charge is 0.378 e. The first kappa shape index (κ1) is 44.1. The number of aromatic nitrogens is 2. The summed E-state index contributed by atoms with van der Waals surface area (Å²) in [5, 5.41) is 30.8. The molecule has 4 fully saturated rings. The van der Waals surface area contributed by atoms with Crippen molar-refractivity contribution >= 4 is 68.9 Å². The zero-order chi connectivity index (χ0) is 44.0. The molecule has 1 aromatic heterocycles. The van der Waals surface area contributed by atoms with Crippen LogP contribution in [0.25, 0.3) is 10.9 Å². The number of likely N-dealkylation sites (tertiary alicyclic amines) is 1. The van der Waals surface area contributed by atoms with Gasteiger partial charge in [-0.1, -0.05) is 6.07 Å². The van der Waals surface area contributed by atoms with Crippen molar-refractivity contribution in [1.82, 2.24) is 20.0 Å². The second kappa shape index (κ2) is 17.4. The Bertz CT molecular complexity index is 2280. The van der Waals surface area contributed by atoms with Crippen LogP contribution in [0.15, 0.2) is 36.4 Å². The molecule has 3 aromatic rings. The molecule has 2 unspecified atom stereocenters. The first-order valence-electron chi connectivity index (χ1n) is 20.9. The number of rotatable bonds is 10. The monoisotopic (exact) mass is 864 g/mol. The topological polar surface area (TPSA) is 159 Å². The summed E-state index contributed by atoms with van der Waals surface area (Å²) in [7, 11) is 1.78. The van der Waals surface area contributed by atoms with Crippen molar-refractivity contribution in [1.29, 1.82) is 5.26 Å². The number of ether oxygens (including phenoxy) is 1. The van der Waals surface area contributed by atoms with Crippen LogP contribution in [0, 0.1) is 17.2 Å². The summed E-state index contributed by atoms with van der Waals surface area (Å²) >= 11 is 5.75. The average molecular weight is 865 g/mol. The molecule has 3 saturated heterocycles. The largest absolute Gasteiger partial charge is 0.417 e. The number of thiocarbonyl (C=S) groups is 1. The molecule has 326 valence electrons. The number of carbonyl (C=O) groups is 3. The zero-order valence-corrected chi connectivity index (χ0v) is 35.9. The van der Waals surface area contributed by atoms with Crippen LogP contribution >= 0.6 is 12.2 Å². The number of hydrogen-bond acceptors (Lipinski definition) is 10. The maximum absolute atomic E-state index is 13.8. The number of aliphatic hydroxyl groups excluding tert-OH is 1. The number of carbonyl (C=O) groups excluding carboxylic acids is 3. The Morgan fingerprint density at radius 1 is 1.13 bits per heavy atom. The minimum atomic E-state index is -4.76. The summed E-state index contributed by atoms with van der Waals surface area (Å²) in [4.78, 5) is 43.9. The molecule has 7 rings (SSSR count). The molecule has 18 heteroatoms. The number of halogens is 3. The van der Waals surface area contributed by atoms with Gasteiger partial charge in [-0.05, 0) is 102 Å². The first-order valence-corrected chi connectivity index (χ1v) is 21.3. The number of hydrogen-bond donors (Lipinski definition) is 3. The van der Waals surface area contributed by atoms with Crippen LogP contribution in [0.1, 0.15) is 96.6 Å². The highest BCUT2D eigenvalue weighted by molar-refractivity contribution is 7.80. The zero-order valence-electron chi connectivity index (χ0n) is 35.1. The average Bonchev–Trinajstić information content (AvgIpc) is 3.62. The van der Waals surface area contributed by atoms with Crippen LogP contribution in [-0.2, 0) is 32.3 Å². The number of nitrogens with zero attached hydrogens (tertiary/aromatic N) is 7. The van der Waals surface area contributed by atoms with Crippen LogP contribution in [0.2, 0.25) is 0 Å². The number of para-hydroxylation sites is 1. The second-order valence-electron chi connectivity index (χ2n) is 17.2. The normalized spacial score (nSPS) is 25.0. The summed E-state index contributed by atoms with van der Waals surface area (Å²) in [6.07, 6.45) is 1.11. The van der Waals surface area contributed by atoms with E-state index in [1.807, 2.05) is 22.8 Å². The Hall–Kier alpha value is -4.96. The minimum absolute atomic E-state index is 0.00785. The van der Waals surface area contributed by atoms with E-state index >= 15 is 0 Å². The van der Waals surface area contributed by atoms with E-state index in [1.54, 1.807) is 36.5 Å². The summed E-state index contributed by atoms with van der Waals surface area (Å²) in [6.45, 7) is 8.88. The highest BCUT2D eigenvalue weighted by Gasteiger charge is 2.57. The molecule has 1 saturated carbocycles. The fraction of sp³-hybridized carbons (Fsp3) is 0.558. The quantitative estimate of drug-likeness (QED) is 0.129. The Kier molecular flexibility index (Phi) is 12.6. The van der Waals surface area contributed by atoms with Crippen molar-refractivity contribution in [3.63, 3.8) is 0 Å². The number of amides is 3. The summed E-state index contributed by atoms with van der Waals surface area (Å²) < 4.78 is 51.2. The molecule has 1 aliphatic carbocycles. The number of nitrogens with one attached hydrogen (secondary N) is 2. The SMILES string of the molecule is C[C@@H]1CC(OCCCC2CCC(=[N+]3C(=S)N(c4ccc(C#N)c(C(F)(F)F)c4)C(=O)C3(C)C)CC2)C[C@H](C)N1CC(=O)Nc1cccc2c(N3CCC(=O)NC3O)nn(C)c12. The van der Waals surface area contributed by atoms with Gasteiger partial charge in [0.25, 0.3) is 0 Å². The highest BCUT2D eigenvalue weighted by atomic mass is 32.1. The number of alkyl halides is 3. The van der Waals surface area contributed by atoms with E-state index in [-0.39, 0.29) is 53.8 Å². The number of aryl methyl sites for hydroxylation is 1. The summed E-state index contributed by atoms with van der Waals surface area (Å²) in [6, 6.07) is 10.6. The molecule has 0 bridgehead atoms. The number of benzene rings is 2. The molecule has 0 radical (unpaired) electrons. The third-order valence-corrected chi connectivity index (χ3v) is 13.1. The van der Waals surface area contributed by atoms with E-state index in [2.05, 4.69) is 34.5 Å². The van der Waals surface area contributed by atoms with Gasteiger partial charge in [-0.25, -0.2) is 9.37 Å². The lowest BCUT2D eigenvalue weighted by Crippen LogP contribution is -2.54. The van der Waals surface area contributed by atoms with Gasteiger partial charge >= 0.3 is 17.2 Å². The van der Waals surface area contributed by atoms with Gasteiger partial charge in [-0.3, -0.25) is 19.2 Å². The van der Waals surface area contributed by atoms with Crippen LogP contribution in [0.3, 0.4) is 0 Å².